The lowest BCUT2D eigenvalue weighted by Crippen LogP contribution is -2.45. The van der Waals surface area contributed by atoms with Crippen molar-refractivity contribution in [3.63, 3.8) is 0 Å². The highest BCUT2D eigenvalue weighted by atomic mass is 16.6. The SMILES string of the molecule is C[C@H](NCCCCCCCCN[C@@H](C)C(=O)NC(=O)OCc1ccccc1)C(=O)NC(=O)OCc1ccccc1. The molecule has 0 aromatic heterocycles. The molecule has 10 nitrogen and oxygen atoms in total. The van der Waals surface area contributed by atoms with Crippen LogP contribution in [-0.4, -0.2) is 49.2 Å². The number of carbonyl (C=O) groups excluding carboxylic acids is 4. The smallest absolute Gasteiger partial charge is 0.414 e. The Kier molecular flexibility index (Phi) is 15.7. The Morgan fingerprint density at radius 2 is 0.925 bits per heavy atom. The molecule has 10 heteroatoms. The van der Waals surface area contributed by atoms with Gasteiger partial charge in [-0.15, -0.1) is 0 Å². The van der Waals surface area contributed by atoms with Crippen LogP contribution < -0.4 is 21.3 Å². The van der Waals surface area contributed by atoms with Gasteiger partial charge in [0.1, 0.15) is 13.2 Å². The van der Waals surface area contributed by atoms with E-state index in [1.54, 1.807) is 13.8 Å². The van der Waals surface area contributed by atoms with Crippen molar-refractivity contribution >= 4 is 24.0 Å². The summed E-state index contributed by atoms with van der Waals surface area (Å²) >= 11 is 0. The fraction of sp³-hybridized carbons (Fsp3) is 0.467. The molecule has 2 aromatic carbocycles. The van der Waals surface area contributed by atoms with E-state index < -0.39 is 36.1 Å². The normalized spacial score (nSPS) is 12.2. The van der Waals surface area contributed by atoms with E-state index in [9.17, 15) is 19.2 Å². The third-order valence-electron chi connectivity index (χ3n) is 6.17. The van der Waals surface area contributed by atoms with Gasteiger partial charge in [0.25, 0.3) is 0 Å². The molecule has 0 aliphatic carbocycles. The lowest BCUT2D eigenvalue weighted by atomic mass is 10.1. The molecule has 4 N–H and O–H groups in total. The first-order valence-electron chi connectivity index (χ1n) is 13.8. The third kappa shape index (κ3) is 14.4. The van der Waals surface area contributed by atoms with Crippen LogP contribution in [0.25, 0.3) is 0 Å². The second kappa shape index (κ2) is 19.3. The van der Waals surface area contributed by atoms with Crippen LogP contribution in [-0.2, 0) is 32.3 Å². The number of amides is 4. The van der Waals surface area contributed by atoms with Crippen LogP contribution in [0.15, 0.2) is 60.7 Å². The highest BCUT2D eigenvalue weighted by molar-refractivity contribution is 5.95. The number of imide groups is 2. The molecular formula is C30H42N4O6. The minimum Gasteiger partial charge on any atom is -0.444 e. The Morgan fingerprint density at radius 3 is 1.30 bits per heavy atom. The van der Waals surface area contributed by atoms with Crippen molar-refractivity contribution in [3.05, 3.63) is 71.8 Å². The molecule has 0 bridgehead atoms. The van der Waals surface area contributed by atoms with E-state index in [0.717, 1.165) is 49.7 Å². The highest BCUT2D eigenvalue weighted by Gasteiger charge is 2.17. The molecule has 2 aromatic rings. The first-order chi connectivity index (χ1) is 19.3. The van der Waals surface area contributed by atoms with Crippen molar-refractivity contribution in [2.45, 2.75) is 77.7 Å². The molecule has 0 radical (unpaired) electrons. The molecular weight excluding hydrogens is 512 g/mol. The number of ether oxygens (including phenoxy) is 2. The van der Waals surface area contributed by atoms with Crippen molar-refractivity contribution in [1.82, 2.24) is 21.3 Å². The van der Waals surface area contributed by atoms with Gasteiger partial charge < -0.3 is 20.1 Å². The molecule has 2 rings (SSSR count). The Balaban J connectivity index is 1.41. The fourth-order valence-corrected chi connectivity index (χ4v) is 3.72. The maximum Gasteiger partial charge on any atom is 0.414 e. The molecule has 40 heavy (non-hydrogen) atoms. The Hall–Kier alpha value is -3.76. The molecule has 4 amide bonds. The summed E-state index contributed by atoms with van der Waals surface area (Å²) in [7, 11) is 0. The van der Waals surface area contributed by atoms with Gasteiger partial charge in [-0.2, -0.15) is 0 Å². The summed E-state index contributed by atoms with van der Waals surface area (Å²) in [6.07, 6.45) is 4.52. The average Bonchev–Trinajstić information content (AvgIpc) is 2.96. The van der Waals surface area contributed by atoms with Gasteiger partial charge in [-0.1, -0.05) is 86.3 Å². The van der Waals surface area contributed by atoms with E-state index in [0.29, 0.717) is 13.1 Å². The van der Waals surface area contributed by atoms with Gasteiger partial charge in [0.2, 0.25) is 11.8 Å². The van der Waals surface area contributed by atoms with Crippen LogP contribution in [0.2, 0.25) is 0 Å². The summed E-state index contributed by atoms with van der Waals surface area (Å²) in [6, 6.07) is 17.5. The lowest BCUT2D eigenvalue weighted by molar-refractivity contribution is -0.123. The maximum absolute atomic E-state index is 12.1. The maximum atomic E-state index is 12.1. The topological polar surface area (TPSA) is 135 Å². The Morgan fingerprint density at radius 1 is 0.575 bits per heavy atom. The standard InChI is InChI=1S/C30H42N4O6/c1-23(27(35)33-29(37)39-21-25-15-9-7-10-16-25)31-19-13-5-3-4-6-14-20-32-24(2)28(36)34-30(38)40-22-26-17-11-8-12-18-26/h7-12,15-18,23-24,31-32H,3-6,13-14,19-22H2,1-2H3,(H,33,35,37)(H,34,36,38)/t23-,24-/m0/s1. The highest BCUT2D eigenvalue weighted by Crippen LogP contribution is 2.05. The molecule has 0 fully saturated rings. The van der Waals surface area contributed by atoms with Crippen LogP contribution in [0.1, 0.15) is 63.5 Å². The molecule has 2 atom stereocenters. The van der Waals surface area contributed by atoms with Crippen molar-refractivity contribution < 1.29 is 28.7 Å². The van der Waals surface area contributed by atoms with Crippen LogP contribution >= 0.6 is 0 Å². The Labute approximate surface area is 236 Å². The van der Waals surface area contributed by atoms with Gasteiger partial charge in [0.05, 0.1) is 12.1 Å². The fourth-order valence-electron chi connectivity index (χ4n) is 3.72. The first kappa shape index (κ1) is 32.5. The van der Waals surface area contributed by atoms with Gasteiger partial charge >= 0.3 is 12.2 Å². The molecule has 0 heterocycles. The predicted molar refractivity (Wildman–Crippen MR) is 152 cm³/mol. The van der Waals surface area contributed by atoms with Gasteiger partial charge in [0.15, 0.2) is 0 Å². The van der Waals surface area contributed by atoms with Crippen LogP contribution in [0.5, 0.6) is 0 Å². The first-order valence-corrected chi connectivity index (χ1v) is 13.8. The average molecular weight is 555 g/mol. The van der Waals surface area contributed by atoms with Gasteiger partial charge in [-0.05, 0) is 50.9 Å². The monoisotopic (exact) mass is 554 g/mol. The van der Waals surface area contributed by atoms with Crippen molar-refractivity contribution in [2.75, 3.05) is 13.1 Å². The number of rotatable bonds is 17. The largest absolute Gasteiger partial charge is 0.444 e. The second-order valence-electron chi connectivity index (χ2n) is 9.57. The number of alkyl carbamates (subject to hydrolysis) is 2. The summed E-state index contributed by atoms with van der Waals surface area (Å²) in [5.74, 6) is -0.838. The van der Waals surface area contributed by atoms with Crippen molar-refractivity contribution in [3.8, 4) is 0 Å². The summed E-state index contributed by atoms with van der Waals surface area (Å²) in [5.41, 5.74) is 1.70. The molecule has 0 aliphatic rings. The van der Waals surface area contributed by atoms with E-state index >= 15 is 0 Å². The molecule has 0 saturated carbocycles. The number of nitrogens with one attached hydrogen (secondary N) is 4. The zero-order valence-electron chi connectivity index (χ0n) is 23.4. The molecule has 0 aliphatic heterocycles. The van der Waals surface area contributed by atoms with Gasteiger partial charge in [-0.3, -0.25) is 20.2 Å². The van der Waals surface area contributed by atoms with E-state index in [4.69, 9.17) is 9.47 Å². The number of hydrogen-bond donors (Lipinski definition) is 4. The lowest BCUT2D eigenvalue weighted by Gasteiger charge is -2.14. The third-order valence-corrected chi connectivity index (χ3v) is 6.17. The van der Waals surface area contributed by atoms with Crippen molar-refractivity contribution in [1.29, 1.82) is 0 Å². The van der Waals surface area contributed by atoms with Crippen LogP contribution in [0.4, 0.5) is 9.59 Å². The molecule has 0 saturated heterocycles. The minimum atomic E-state index is -0.756. The number of benzene rings is 2. The molecule has 0 spiro atoms. The predicted octanol–water partition coefficient (Wildman–Crippen LogP) is 4.19. The number of hydrogen-bond acceptors (Lipinski definition) is 8. The summed E-state index contributed by atoms with van der Waals surface area (Å²) in [4.78, 5) is 47.9. The Bertz CT molecular complexity index is 952. The van der Waals surface area contributed by atoms with Crippen molar-refractivity contribution in [2.24, 2.45) is 0 Å². The van der Waals surface area contributed by atoms with E-state index in [1.165, 1.54) is 0 Å². The van der Waals surface area contributed by atoms with E-state index in [-0.39, 0.29) is 13.2 Å². The second-order valence-corrected chi connectivity index (χ2v) is 9.57. The van der Waals surface area contributed by atoms with E-state index in [1.807, 2.05) is 60.7 Å². The number of carbonyl (C=O) groups is 4. The number of unbranched alkanes of at least 4 members (excludes halogenated alkanes) is 5. The summed E-state index contributed by atoms with van der Waals surface area (Å²) in [5, 5.41) is 10.7. The summed E-state index contributed by atoms with van der Waals surface area (Å²) < 4.78 is 10.1. The molecule has 0 unspecified atom stereocenters. The minimum absolute atomic E-state index is 0.109. The zero-order valence-corrected chi connectivity index (χ0v) is 23.4. The summed E-state index contributed by atoms with van der Waals surface area (Å²) in [6.45, 7) is 4.99. The van der Waals surface area contributed by atoms with Crippen LogP contribution in [0, 0.1) is 0 Å². The molecule has 218 valence electrons. The van der Waals surface area contributed by atoms with Gasteiger partial charge in [-0.25, -0.2) is 9.59 Å². The quantitative estimate of drug-likeness (QED) is 0.214. The van der Waals surface area contributed by atoms with E-state index in [2.05, 4.69) is 21.3 Å². The zero-order chi connectivity index (χ0) is 29.0. The van der Waals surface area contributed by atoms with Crippen LogP contribution in [0.3, 0.4) is 0 Å². The van der Waals surface area contributed by atoms with Gasteiger partial charge in [0, 0.05) is 0 Å².